The van der Waals surface area contributed by atoms with Crippen molar-refractivity contribution in [3.05, 3.63) is 58.9 Å². The predicted octanol–water partition coefficient (Wildman–Crippen LogP) is 3.59. The van der Waals surface area contributed by atoms with Crippen LogP contribution in [-0.4, -0.2) is 57.1 Å². The number of benzene rings is 2. The van der Waals surface area contributed by atoms with E-state index in [1.165, 1.54) is 54.5 Å². The molecule has 8 nitrogen and oxygen atoms in total. The summed E-state index contributed by atoms with van der Waals surface area (Å²) in [6.07, 6.45) is 1.66. The maximum Gasteiger partial charge on any atom is 0.244 e. The Morgan fingerprint density at radius 1 is 1.14 bits per heavy atom. The molecular formula is C24H31ClFN3O5S. The van der Waals surface area contributed by atoms with Crippen LogP contribution in [0.2, 0.25) is 5.02 Å². The van der Waals surface area contributed by atoms with Crippen molar-refractivity contribution < 1.29 is 27.1 Å². The topological polar surface area (TPSA) is 96.0 Å². The number of methoxy groups -OCH3 is 1. The number of amides is 2. The first kappa shape index (κ1) is 28.4. The van der Waals surface area contributed by atoms with E-state index in [1.807, 2.05) is 13.8 Å². The SMILES string of the molecule is CC[C@@H](C)NC(=O)[C@@H](C)N(Cc1ccc(F)cc1)C(=O)CN(c1cc(Cl)ccc1OC)S(C)(=O)=O. The minimum absolute atomic E-state index is 0.0293. The molecule has 0 aliphatic heterocycles. The number of nitrogens with one attached hydrogen (secondary N) is 1. The molecule has 2 aromatic carbocycles. The summed E-state index contributed by atoms with van der Waals surface area (Å²) in [5.74, 6) is -1.25. The molecule has 0 radical (unpaired) electrons. The minimum Gasteiger partial charge on any atom is -0.495 e. The van der Waals surface area contributed by atoms with Crippen LogP contribution in [0, 0.1) is 5.82 Å². The van der Waals surface area contributed by atoms with E-state index >= 15 is 0 Å². The minimum atomic E-state index is -3.95. The van der Waals surface area contributed by atoms with Gasteiger partial charge < -0.3 is 15.0 Å². The van der Waals surface area contributed by atoms with Crippen LogP contribution in [0.5, 0.6) is 5.75 Å². The van der Waals surface area contributed by atoms with Gasteiger partial charge in [0, 0.05) is 17.6 Å². The zero-order chi connectivity index (χ0) is 26.3. The number of hydrogen-bond donors (Lipinski definition) is 1. The maximum absolute atomic E-state index is 13.5. The van der Waals surface area contributed by atoms with Crippen LogP contribution >= 0.6 is 11.6 Å². The third-order valence-corrected chi connectivity index (χ3v) is 6.88. The zero-order valence-corrected chi connectivity index (χ0v) is 22.0. The second kappa shape index (κ2) is 12.2. The lowest BCUT2D eigenvalue weighted by Gasteiger charge is -2.32. The Labute approximate surface area is 211 Å². The van der Waals surface area contributed by atoms with Crippen LogP contribution in [0.3, 0.4) is 0 Å². The summed E-state index contributed by atoms with van der Waals surface area (Å²) in [6.45, 7) is 4.69. The maximum atomic E-state index is 13.5. The largest absolute Gasteiger partial charge is 0.495 e. The average Bonchev–Trinajstić information content (AvgIpc) is 2.80. The number of sulfonamides is 1. The fourth-order valence-electron chi connectivity index (χ4n) is 3.29. The van der Waals surface area contributed by atoms with Crippen LogP contribution in [-0.2, 0) is 26.2 Å². The summed E-state index contributed by atoms with van der Waals surface area (Å²) < 4.78 is 44.9. The van der Waals surface area contributed by atoms with Gasteiger partial charge in [-0.2, -0.15) is 0 Å². The van der Waals surface area contributed by atoms with Gasteiger partial charge in [-0.3, -0.25) is 13.9 Å². The van der Waals surface area contributed by atoms with E-state index in [4.69, 9.17) is 16.3 Å². The lowest BCUT2D eigenvalue weighted by molar-refractivity contribution is -0.139. The Kier molecular flexibility index (Phi) is 9.91. The van der Waals surface area contributed by atoms with Gasteiger partial charge in [-0.15, -0.1) is 0 Å². The number of anilines is 1. The van der Waals surface area contributed by atoms with Gasteiger partial charge in [-0.1, -0.05) is 30.7 Å². The fraction of sp³-hybridized carbons (Fsp3) is 0.417. The molecule has 0 saturated heterocycles. The second-order valence-corrected chi connectivity index (χ2v) is 10.6. The Bertz CT molecular complexity index is 1140. The molecule has 192 valence electrons. The van der Waals surface area contributed by atoms with Crippen molar-refractivity contribution >= 4 is 39.1 Å². The molecule has 0 bridgehead atoms. The van der Waals surface area contributed by atoms with Crippen molar-refractivity contribution in [2.45, 2.75) is 45.8 Å². The van der Waals surface area contributed by atoms with E-state index in [1.54, 1.807) is 6.92 Å². The summed E-state index contributed by atoms with van der Waals surface area (Å²) in [4.78, 5) is 27.7. The van der Waals surface area contributed by atoms with Gasteiger partial charge >= 0.3 is 0 Å². The molecule has 0 fully saturated rings. The highest BCUT2D eigenvalue weighted by molar-refractivity contribution is 7.92. The van der Waals surface area contributed by atoms with E-state index in [0.29, 0.717) is 12.0 Å². The molecule has 2 amide bonds. The van der Waals surface area contributed by atoms with Crippen LogP contribution in [0.25, 0.3) is 0 Å². The molecule has 0 aliphatic carbocycles. The van der Waals surface area contributed by atoms with E-state index in [0.717, 1.165) is 10.6 Å². The summed E-state index contributed by atoms with van der Waals surface area (Å²) in [6, 6.07) is 8.89. The average molecular weight is 528 g/mol. The molecule has 1 N–H and O–H groups in total. The van der Waals surface area contributed by atoms with Gasteiger partial charge in [0.1, 0.15) is 24.2 Å². The van der Waals surface area contributed by atoms with Crippen molar-refractivity contribution in [3.63, 3.8) is 0 Å². The van der Waals surface area contributed by atoms with Crippen LogP contribution < -0.4 is 14.4 Å². The molecule has 0 heterocycles. The Morgan fingerprint density at radius 3 is 2.31 bits per heavy atom. The van der Waals surface area contributed by atoms with Crippen LogP contribution in [0.1, 0.15) is 32.8 Å². The third-order valence-electron chi connectivity index (χ3n) is 5.52. The van der Waals surface area contributed by atoms with Crippen molar-refractivity contribution in [2.24, 2.45) is 0 Å². The lowest BCUT2D eigenvalue weighted by Crippen LogP contribution is -2.52. The molecule has 0 spiro atoms. The summed E-state index contributed by atoms with van der Waals surface area (Å²) in [5, 5.41) is 3.09. The van der Waals surface area contributed by atoms with Gasteiger partial charge in [0.15, 0.2) is 0 Å². The molecule has 0 unspecified atom stereocenters. The zero-order valence-electron chi connectivity index (χ0n) is 20.4. The van der Waals surface area contributed by atoms with Gasteiger partial charge in [0.2, 0.25) is 21.8 Å². The second-order valence-electron chi connectivity index (χ2n) is 8.23. The Hall–Kier alpha value is -2.85. The van der Waals surface area contributed by atoms with Gasteiger partial charge in [-0.05, 0) is 56.2 Å². The smallest absolute Gasteiger partial charge is 0.244 e. The van der Waals surface area contributed by atoms with Crippen molar-refractivity contribution in [3.8, 4) is 5.75 Å². The van der Waals surface area contributed by atoms with E-state index < -0.39 is 34.3 Å². The molecule has 2 atom stereocenters. The monoisotopic (exact) mass is 527 g/mol. The molecule has 2 rings (SSSR count). The highest BCUT2D eigenvalue weighted by Gasteiger charge is 2.31. The van der Waals surface area contributed by atoms with E-state index in [9.17, 15) is 22.4 Å². The molecule has 11 heteroatoms. The standard InChI is InChI=1S/C24H31ClFN3O5S/c1-6-16(2)27-24(31)17(3)28(14-18-7-10-20(26)11-8-18)23(30)15-29(35(5,32)33)21-13-19(25)9-12-22(21)34-4/h7-13,16-17H,6,14-15H2,1-5H3,(H,27,31)/t16-,17-/m1/s1. The molecule has 0 aliphatic rings. The first-order chi connectivity index (χ1) is 16.4. The number of halogens is 2. The highest BCUT2D eigenvalue weighted by Crippen LogP contribution is 2.33. The summed E-state index contributed by atoms with van der Waals surface area (Å²) in [7, 11) is -2.57. The number of rotatable bonds is 11. The lowest BCUT2D eigenvalue weighted by atomic mass is 10.1. The van der Waals surface area contributed by atoms with Crippen molar-refractivity contribution in [2.75, 3.05) is 24.2 Å². The Morgan fingerprint density at radius 2 is 1.77 bits per heavy atom. The summed E-state index contributed by atoms with van der Waals surface area (Å²) in [5.41, 5.74) is 0.670. The molecular weight excluding hydrogens is 497 g/mol. The van der Waals surface area contributed by atoms with Gasteiger partial charge in [0.25, 0.3) is 0 Å². The number of hydrogen-bond acceptors (Lipinski definition) is 5. The third kappa shape index (κ3) is 7.83. The number of nitrogens with zero attached hydrogens (tertiary/aromatic N) is 2. The quantitative estimate of drug-likeness (QED) is 0.482. The molecule has 2 aromatic rings. The van der Waals surface area contributed by atoms with Gasteiger partial charge in [0.05, 0.1) is 19.1 Å². The number of carbonyl (C=O) groups excluding carboxylic acids is 2. The van der Waals surface area contributed by atoms with Crippen LogP contribution in [0.4, 0.5) is 10.1 Å². The van der Waals surface area contributed by atoms with Crippen LogP contribution in [0.15, 0.2) is 42.5 Å². The van der Waals surface area contributed by atoms with Crippen molar-refractivity contribution in [1.29, 1.82) is 0 Å². The first-order valence-corrected chi connectivity index (χ1v) is 13.3. The first-order valence-electron chi connectivity index (χ1n) is 11.0. The molecule has 0 saturated carbocycles. The molecule has 0 aromatic heterocycles. The van der Waals surface area contributed by atoms with E-state index in [-0.39, 0.29) is 35.0 Å². The summed E-state index contributed by atoms with van der Waals surface area (Å²) >= 11 is 6.09. The van der Waals surface area contributed by atoms with E-state index in [2.05, 4.69) is 5.32 Å². The fourth-order valence-corrected chi connectivity index (χ4v) is 4.30. The molecule has 35 heavy (non-hydrogen) atoms. The highest BCUT2D eigenvalue weighted by atomic mass is 35.5. The number of carbonyl (C=O) groups is 2. The van der Waals surface area contributed by atoms with Crippen molar-refractivity contribution in [1.82, 2.24) is 10.2 Å². The Balaban J connectivity index is 2.45. The normalized spacial score (nSPS) is 13.0. The number of ether oxygens (including phenoxy) is 1. The predicted molar refractivity (Wildman–Crippen MR) is 135 cm³/mol. The van der Waals surface area contributed by atoms with Gasteiger partial charge in [-0.25, -0.2) is 12.8 Å².